The lowest BCUT2D eigenvalue weighted by Gasteiger charge is -2.19. The quantitative estimate of drug-likeness (QED) is 0.850. The van der Waals surface area contributed by atoms with Crippen molar-refractivity contribution >= 4 is 28.2 Å². The first kappa shape index (κ1) is 11.0. The van der Waals surface area contributed by atoms with Gasteiger partial charge in [-0.3, -0.25) is 0 Å². The SMILES string of the molecule is CC1SCCC1Nc1cccc2ccccc12. The maximum absolute atomic E-state index is 3.71. The van der Waals surface area contributed by atoms with Gasteiger partial charge in [0.05, 0.1) is 0 Å². The van der Waals surface area contributed by atoms with Gasteiger partial charge in [0.1, 0.15) is 0 Å². The number of hydrogen-bond donors (Lipinski definition) is 1. The molecule has 0 aliphatic carbocycles. The maximum Gasteiger partial charge on any atom is 0.0422 e. The van der Waals surface area contributed by atoms with Crippen LogP contribution in [0.4, 0.5) is 5.69 Å². The summed E-state index contributed by atoms with van der Waals surface area (Å²) in [4.78, 5) is 0. The van der Waals surface area contributed by atoms with E-state index < -0.39 is 0 Å². The fourth-order valence-electron chi connectivity index (χ4n) is 2.47. The summed E-state index contributed by atoms with van der Waals surface area (Å²) in [5, 5.41) is 7.08. The van der Waals surface area contributed by atoms with Crippen molar-refractivity contribution in [3.63, 3.8) is 0 Å². The van der Waals surface area contributed by atoms with Crippen LogP contribution in [0.3, 0.4) is 0 Å². The average molecular weight is 243 g/mol. The van der Waals surface area contributed by atoms with Crippen LogP contribution in [0.25, 0.3) is 10.8 Å². The van der Waals surface area contributed by atoms with Gasteiger partial charge < -0.3 is 5.32 Å². The van der Waals surface area contributed by atoms with E-state index in [-0.39, 0.29) is 0 Å². The van der Waals surface area contributed by atoms with Crippen molar-refractivity contribution in [2.75, 3.05) is 11.1 Å². The molecule has 0 bridgehead atoms. The molecule has 1 N–H and O–H groups in total. The smallest absolute Gasteiger partial charge is 0.0422 e. The summed E-state index contributed by atoms with van der Waals surface area (Å²) >= 11 is 2.07. The highest BCUT2D eigenvalue weighted by atomic mass is 32.2. The second kappa shape index (κ2) is 4.61. The number of anilines is 1. The Bertz CT molecular complexity index is 518. The molecule has 0 aromatic heterocycles. The van der Waals surface area contributed by atoms with Gasteiger partial charge in [-0.2, -0.15) is 11.8 Å². The average Bonchev–Trinajstić information content (AvgIpc) is 2.76. The fraction of sp³-hybridized carbons (Fsp3) is 0.333. The molecule has 2 heteroatoms. The summed E-state index contributed by atoms with van der Waals surface area (Å²) in [6, 6.07) is 15.7. The summed E-state index contributed by atoms with van der Waals surface area (Å²) in [6.07, 6.45) is 1.27. The van der Waals surface area contributed by atoms with Crippen molar-refractivity contribution in [1.29, 1.82) is 0 Å². The molecule has 0 spiro atoms. The highest BCUT2D eigenvalue weighted by molar-refractivity contribution is 8.00. The third-order valence-electron chi connectivity index (χ3n) is 3.51. The summed E-state index contributed by atoms with van der Waals surface area (Å²) in [5.74, 6) is 1.28. The van der Waals surface area contributed by atoms with Gasteiger partial charge in [-0.1, -0.05) is 43.3 Å². The minimum absolute atomic E-state index is 0.616. The minimum Gasteiger partial charge on any atom is -0.381 e. The molecule has 0 radical (unpaired) electrons. The number of nitrogens with one attached hydrogen (secondary N) is 1. The van der Waals surface area contributed by atoms with E-state index in [2.05, 4.69) is 66.5 Å². The number of thioether (sulfide) groups is 1. The highest BCUT2D eigenvalue weighted by Crippen LogP contribution is 2.31. The van der Waals surface area contributed by atoms with Crippen LogP contribution in [-0.4, -0.2) is 17.0 Å². The zero-order valence-electron chi connectivity index (χ0n) is 10.0. The van der Waals surface area contributed by atoms with Gasteiger partial charge in [-0.15, -0.1) is 0 Å². The minimum atomic E-state index is 0.616. The highest BCUT2D eigenvalue weighted by Gasteiger charge is 2.23. The molecule has 1 aliphatic rings. The molecule has 1 nitrogen and oxygen atoms in total. The van der Waals surface area contributed by atoms with Crippen molar-refractivity contribution in [3.8, 4) is 0 Å². The Morgan fingerprint density at radius 3 is 2.76 bits per heavy atom. The van der Waals surface area contributed by atoms with E-state index in [1.807, 2.05) is 0 Å². The first-order valence-electron chi connectivity index (χ1n) is 6.20. The maximum atomic E-state index is 3.71. The van der Waals surface area contributed by atoms with E-state index in [0.717, 1.165) is 0 Å². The molecule has 2 atom stereocenters. The lowest BCUT2D eigenvalue weighted by molar-refractivity contribution is 0.725. The van der Waals surface area contributed by atoms with Crippen LogP contribution < -0.4 is 5.32 Å². The van der Waals surface area contributed by atoms with Crippen LogP contribution in [0.5, 0.6) is 0 Å². The normalized spacial score (nSPS) is 24.1. The second-order valence-electron chi connectivity index (χ2n) is 4.64. The van der Waals surface area contributed by atoms with Gasteiger partial charge in [0.2, 0.25) is 0 Å². The van der Waals surface area contributed by atoms with Gasteiger partial charge in [0.15, 0.2) is 0 Å². The molecule has 1 saturated heterocycles. The molecular weight excluding hydrogens is 226 g/mol. The molecule has 1 fully saturated rings. The van der Waals surface area contributed by atoms with Crippen LogP contribution in [0, 0.1) is 0 Å². The lowest BCUT2D eigenvalue weighted by atomic mass is 10.1. The fourth-order valence-corrected chi connectivity index (χ4v) is 3.67. The summed E-state index contributed by atoms with van der Waals surface area (Å²) in [6.45, 7) is 2.32. The van der Waals surface area contributed by atoms with E-state index in [1.165, 1.54) is 28.6 Å². The third-order valence-corrected chi connectivity index (χ3v) is 4.83. The van der Waals surface area contributed by atoms with Crippen molar-refractivity contribution in [3.05, 3.63) is 42.5 Å². The molecule has 2 aromatic rings. The van der Waals surface area contributed by atoms with Crippen molar-refractivity contribution in [2.24, 2.45) is 0 Å². The zero-order chi connectivity index (χ0) is 11.7. The van der Waals surface area contributed by atoms with Crippen LogP contribution >= 0.6 is 11.8 Å². The molecular formula is C15H17NS. The standard InChI is InChI=1S/C15H17NS/c1-11-14(9-10-17-11)16-15-8-4-6-12-5-2-3-7-13(12)15/h2-8,11,14,16H,9-10H2,1H3. The Morgan fingerprint density at radius 2 is 1.94 bits per heavy atom. The first-order valence-corrected chi connectivity index (χ1v) is 7.25. The number of hydrogen-bond acceptors (Lipinski definition) is 2. The predicted molar refractivity (Wildman–Crippen MR) is 77.9 cm³/mol. The Balaban J connectivity index is 1.94. The van der Waals surface area contributed by atoms with Crippen LogP contribution in [0.1, 0.15) is 13.3 Å². The molecule has 2 aromatic carbocycles. The molecule has 2 unspecified atom stereocenters. The summed E-state index contributed by atoms with van der Waals surface area (Å²) in [7, 11) is 0. The van der Waals surface area contributed by atoms with E-state index >= 15 is 0 Å². The van der Waals surface area contributed by atoms with E-state index in [1.54, 1.807) is 0 Å². The van der Waals surface area contributed by atoms with Crippen molar-refractivity contribution in [2.45, 2.75) is 24.6 Å². The van der Waals surface area contributed by atoms with Crippen molar-refractivity contribution < 1.29 is 0 Å². The lowest BCUT2D eigenvalue weighted by Crippen LogP contribution is -2.24. The molecule has 1 aliphatic heterocycles. The molecule has 17 heavy (non-hydrogen) atoms. The van der Waals surface area contributed by atoms with Crippen LogP contribution in [0.15, 0.2) is 42.5 Å². The molecule has 88 valence electrons. The van der Waals surface area contributed by atoms with E-state index in [9.17, 15) is 0 Å². The predicted octanol–water partition coefficient (Wildman–Crippen LogP) is 4.15. The zero-order valence-corrected chi connectivity index (χ0v) is 10.8. The summed E-state index contributed by atoms with van der Waals surface area (Å²) in [5.41, 5.74) is 1.28. The van der Waals surface area contributed by atoms with Crippen molar-refractivity contribution in [1.82, 2.24) is 0 Å². The molecule has 0 saturated carbocycles. The number of fused-ring (bicyclic) bond motifs is 1. The topological polar surface area (TPSA) is 12.0 Å². The van der Waals surface area contributed by atoms with Crippen LogP contribution in [0.2, 0.25) is 0 Å². The first-order chi connectivity index (χ1) is 8.34. The van der Waals surface area contributed by atoms with E-state index in [0.29, 0.717) is 11.3 Å². The Hall–Kier alpha value is -1.15. The van der Waals surface area contributed by atoms with Gasteiger partial charge >= 0.3 is 0 Å². The Morgan fingerprint density at radius 1 is 1.12 bits per heavy atom. The third kappa shape index (κ3) is 2.14. The van der Waals surface area contributed by atoms with Crippen LogP contribution in [-0.2, 0) is 0 Å². The Labute approximate surface area is 107 Å². The van der Waals surface area contributed by atoms with Gasteiger partial charge in [0.25, 0.3) is 0 Å². The van der Waals surface area contributed by atoms with Gasteiger partial charge in [-0.05, 0) is 23.6 Å². The van der Waals surface area contributed by atoms with E-state index in [4.69, 9.17) is 0 Å². The second-order valence-corrected chi connectivity index (χ2v) is 6.13. The largest absolute Gasteiger partial charge is 0.381 e. The molecule has 0 amide bonds. The number of benzene rings is 2. The van der Waals surface area contributed by atoms with Gasteiger partial charge in [0, 0.05) is 22.4 Å². The van der Waals surface area contributed by atoms with Gasteiger partial charge in [-0.25, -0.2) is 0 Å². The molecule has 1 heterocycles. The Kier molecular flexibility index (Phi) is 2.98. The number of rotatable bonds is 2. The summed E-state index contributed by atoms with van der Waals surface area (Å²) < 4.78 is 0. The monoisotopic (exact) mass is 243 g/mol. The molecule has 3 rings (SSSR count).